The van der Waals surface area contributed by atoms with E-state index in [1.165, 1.54) is 38.5 Å². The Kier molecular flexibility index (Phi) is 5.37. The molecule has 0 atom stereocenters. The van der Waals surface area contributed by atoms with Crippen LogP contribution >= 0.6 is 0 Å². The Hall–Kier alpha value is -0.0800. The molecular weight excluding hydrogens is 152 g/mol. The second-order valence-corrected chi connectivity index (χ2v) is 3.46. The highest BCUT2D eigenvalue weighted by Crippen LogP contribution is 2.19. The van der Waals surface area contributed by atoms with Crippen molar-refractivity contribution in [2.75, 3.05) is 20.3 Å². The summed E-state index contributed by atoms with van der Waals surface area (Å²) in [5.41, 5.74) is 0. The van der Waals surface area contributed by atoms with Crippen molar-refractivity contribution in [2.45, 2.75) is 44.6 Å². The van der Waals surface area contributed by atoms with Crippen molar-refractivity contribution in [3.05, 3.63) is 0 Å². The molecule has 2 rings (SSSR count). The van der Waals surface area contributed by atoms with Gasteiger partial charge in [0.2, 0.25) is 0 Å². The zero-order valence-corrected chi connectivity index (χ0v) is 8.05. The average molecular weight is 172 g/mol. The molecule has 0 N–H and O–H groups in total. The molecule has 2 heteroatoms. The maximum absolute atomic E-state index is 5.11. The van der Waals surface area contributed by atoms with E-state index >= 15 is 0 Å². The molecule has 0 amide bonds. The zero-order chi connectivity index (χ0) is 8.65. The summed E-state index contributed by atoms with van der Waals surface area (Å²) < 4.78 is 10.1. The van der Waals surface area contributed by atoms with Crippen LogP contribution in [0.4, 0.5) is 0 Å². The minimum atomic E-state index is 0.597. The zero-order valence-electron chi connectivity index (χ0n) is 8.05. The van der Waals surface area contributed by atoms with E-state index in [2.05, 4.69) is 0 Å². The van der Waals surface area contributed by atoms with Crippen molar-refractivity contribution in [2.24, 2.45) is 0 Å². The molecule has 2 aliphatic rings. The van der Waals surface area contributed by atoms with Crippen LogP contribution in [0, 0.1) is 0 Å². The molecule has 2 fully saturated rings. The van der Waals surface area contributed by atoms with E-state index < -0.39 is 0 Å². The van der Waals surface area contributed by atoms with Gasteiger partial charge in [-0.15, -0.1) is 0 Å². The van der Waals surface area contributed by atoms with Crippen LogP contribution in [0.25, 0.3) is 0 Å². The lowest BCUT2D eigenvalue weighted by Gasteiger charge is -2.02. The number of methoxy groups -OCH3 is 1. The number of rotatable bonds is 1. The first-order valence-corrected chi connectivity index (χ1v) is 5.04. The molecule has 0 radical (unpaired) electrons. The predicted molar refractivity (Wildman–Crippen MR) is 49.3 cm³/mol. The SMILES string of the molecule is C1CCOC1.COC1CCCC1. The molecule has 0 unspecified atom stereocenters. The second kappa shape index (κ2) is 6.44. The molecule has 72 valence electrons. The first-order chi connectivity index (χ1) is 5.93. The molecule has 0 aromatic heterocycles. The van der Waals surface area contributed by atoms with E-state index in [9.17, 15) is 0 Å². The molecule has 0 bridgehead atoms. The Balaban J connectivity index is 0.000000127. The minimum absolute atomic E-state index is 0.597. The molecule has 1 aliphatic heterocycles. The quantitative estimate of drug-likeness (QED) is 0.604. The van der Waals surface area contributed by atoms with Crippen molar-refractivity contribution >= 4 is 0 Å². The molecule has 1 saturated carbocycles. The van der Waals surface area contributed by atoms with Crippen LogP contribution in [0.15, 0.2) is 0 Å². The highest BCUT2D eigenvalue weighted by molar-refractivity contribution is 4.65. The van der Waals surface area contributed by atoms with E-state index in [0.29, 0.717) is 6.10 Å². The summed E-state index contributed by atoms with van der Waals surface area (Å²) in [6.45, 7) is 2.00. The lowest BCUT2D eigenvalue weighted by atomic mass is 10.3. The first kappa shape index (κ1) is 10.0. The van der Waals surface area contributed by atoms with Crippen molar-refractivity contribution in [3.63, 3.8) is 0 Å². The molecule has 1 saturated heterocycles. The van der Waals surface area contributed by atoms with Crippen LogP contribution in [-0.4, -0.2) is 26.4 Å². The molecular formula is C10H20O2. The molecule has 0 aromatic rings. The minimum Gasteiger partial charge on any atom is -0.381 e. The largest absolute Gasteiger partial charge is 0.381 e. The van der Waals surface area contributed by atoms with Gasteiger partial charge in [-0.1, -0.05) is 12.8 Å². The van der Waals surface area contributed by atoms with Crippen molar-refractivity contribution in [1.82, 2.24) is 0 Å². The Morgan fingerprint density at radius 3 is 1.83 bits per heavy atom. The average Bonchev–Trinajstić information content (AvgIpc) is 2.81. The third-order valence-electron chi connectivity index (χ3n) is 2.46. The van der Waals surface area contributed by atoms with Gasteiger partial charge in [0, 0.05) is 20.3 Å². The van der Waals surface area contributed by atoms with Crippen LogP contribution < -0.4 is 0 Å². The topological polar surface area (TPSA) is 18.5 Å². The van der Waals surface area contributed by atoms with Crippen LogP contribution in [0.1, 0.15) is 38.5 Å². The number of hydrogen-bond acceptors (Lipinski definition) is 2. The summed E-state index contributed by atoms with van der Waals surface area (Å²) in [6.07, 6.45) is 8.48. The Morgan fingerprint density at radius 2 is 1.58 bits per heavy atom. The monoisotopic (exact) mass is 172 g/mol. The summed E-state index contributed by atoms with van der Waals surface area (Å²) in [5.74, 6) is 0. The standard InChI is InChI=1S/C6H12O.C4H8O/c1-7-6-4-2-3-5-6;1-2-4-5-3-1/h6H,2-5H2,1H3;1-4H2. The van der Waals surface area contributed by atoms with E-state index in [1.807, 2.05) is 0 Å². The molecule has 2 nitrogen and oxygen atoms in total. The second-order valence-electron chi connectivity index (χ2n) is 3.46. The van der Waals surface area contributed by atoms with Crippen LogP contribution in [0.2, 0.25) is 0 Å². The van der Waals surface area contributed by atoms with Gasteiger partial charge in [-0.2, -0.15) is 0 Å². The van der Waals surface area contributed by atoms with Crippen LogP contribution in [-0.2, 0) is 9.47 Å². The van der Waals surface area contributed by atoms with E-state index in [4.69, 9.17) is 9.47 Å². The fourth-order valence-electron chi connectivity index (χ4n) is 1.63. The smallest absolute Gasteiger partial charge is 0.0571 e. The van der Waals surface area contributed by atoms with Gasteiger partial charge in [-0.05, 0) is 25.7 Å². The summed E-state index contributed by atoms with van der Waals surface area (Å²) in [5, 5.41) is 0. The molecule has 0 spiro atoms. The van der Waals surface area contributed by atoms with Gasteiger partial charge < -0.3 is 9.47 Å². The van der Waals surface area contributed by atoms with Gasteiger partial charge >= 0.3 is 0 Å². The highest BCUT2D eigenvalue weighted by atomic mass is 16.5. The molecule has 1 heterocycles. The van der Waals surface area contributed by atoms with E-state index in [0.717, 1.165) is 13.2 Å². The summed E-state index contributed by atoms with van der Waals surface area (Å²) in [7, 11) is 1.80. The van der Waals surface area contributed by atoms with Crippen molar-refractivity contribution in [3.8, 4) is 0 Å². The van der Waals surface area contributed by atoms with Crippen LogP contribution in [0.3, 0.4) is 0 Å². The third kappa shape index (κ3) is 4.07. The maximum Gasteiger partial charge on any atom is 0.0571 e. The third-order valence-corrected chi connectivity index (χ3v) is 2.46. The fraction of sp³-hybridized carbons (Fsp3) is 1.00. The lowest BCUT2D eigenvalue weighted by molar-refractivity contribution is 0.109. The normalized spacial score (nSPS) is 23.8. The van der Waals surface area contributed by atoms with Gasteiger partial charge in [-0.25, -0.2) is 0 Å². The van der Waals surface area contributed by atoms with E-state index in [-0.39, 0.29) is 0 Å². The van der Waals surface area contributed by atoms with Gasteiger partial charge in [-0.3, -0.25) is 0 Å². The molecule has 12 heavy (non-hydrogen) atoms. The summed E-state index contributed by atoms with van der Waals surface area (Å²) in [6, 6.07) is 0. The molecule has 0 aromatic carbocycles. The first-order valence-electron chi connectivity index (χ1n) is 5.04. The molecule has 1 aliphatic carbocycles. The van der Waals surface area contributed by atoms with Gasteiger partial charge in [0.05, 0.1) is 6.10 Å². The Labute approximate surface area is 75.2 Å². The van der Waals surface area contributed by atoms with Gasteiger partial charge in [0.1, 0.15) is 0 Å². The van der Waals surface area contributed by atoms with Crippen molar-refractivity contribution < 1.29 is 9.47 Å². The number of ether oxygens (including phenoxy) is 2. The maximum atomic E-state index is 5.11. The highest BCUT2D eigenvalue weighted by Gasteiger charge is 2.12. The van der Waals surface area contributed by atoms with Gasteiger partial charge in [0.15, 0.2) is 0 Å². The Bertz CT molecular complexity index is 86.4. The summed E-state index contributed by atoms with van der Waals surface area (Å²) >= 11 is 0. The van der Waals surface area contributed by atoms with Crippen LogP contribution in [0.5, 0.6) is 0 Å². The predicted octanol–water partition coefficient (Wildman–Crippen LogP) is 2.37. The Morgan fingerprint density at radius 1 is 1.00 bits per heavy atom. The van der Waals surface area contributed by atoms with Crippen molar-refractivity contribution in [1.29, 1.82) is 0 Å². The number of hydrogen-bond donors (Lipinski definition) is 0. The lowest BCUT2D eigenvalue weighted by Crippen LogP contribution is -2.01. The summed E-state index contributed by atoms with van der Waals surface area (Å²) in [4.78, 5) is 0. The van der Waals surface area contributed by atoms with Gasteiger partial charge in [0.25, 0.3) is 0 Å². The fourth-order valence-corrected chi connectivity index (χ4v) is 1.63. The van der Waals surface area contributed by atoms with E-state index in [1.54, 1.807) is 7.11 Å².